The summed E-state index contributed by atoms with van der Waals surface area (Å²) in [6.45, 7) is 2.78. The fraction of sp³-hybridized carbons (Fsp3) is 1.00. The molecule has 0 aliphatic carbocycles. The van der Waals surface area contributed by atoms with Crippen molar-refractivity contribution in [3.63, 3.8) is 0 Å². The molecule has 2 atom stereocenters. The van der Waals surface area contributed by atoms with Crippen LogP contribution >= 0.6 is 11.8 Å². The van der Waals surface area contributed by atoms with Crippen LogP contribution in [0.4, 0.5) is 0 Å². The Bertz CT molecular complexity index is 213. The van der Waals surface area contributed by atoms with Gasteiger partial charge in [-0.3, -0.25) is 4.90 Å². The first-order valence-electron chi connectivity index (χ1n) is 6.37. The maximum absolute atomic E-state index is 6.02. The molecule has 2 unspecified atom stereocenters. The Kier molecular flexibility index (Phi) is 4.53. The molecule has 2 fully saturated rings. The average molecular weight is 244 g/mol. The van der Waals surface area contributed by atoms with Crippen molar-refractivity contribution in [2.24, 2.45) is 5.73 Å². The highest BCUT2D eigenvalue weighted by atomic mass is 32.2. The molecule has 0 radical (unpaired) electrons. The van der Waals surface area contributed by atoms with Gasteiger partial charge < -0.3 is 10.5 Å². The van der Waals surface area contributed by atoms with Crippen molar-refractivity contribution in [1.82, 2.24) is 4.90 Å². The van der Waals surface area contributed by atoms with Crippen molar-refractivity contribution >= 4 is 11.8 Å². The van der Waals surface area contributed by atoms with E-state index < -0.39 is 0 Å². The van der Waals surface area contributed by atoms with Crippen molar-refractivity contribution in [3.8, 4) is 0 Å². The van der Waals surface area contributed by atoms with Crippen molar-refractivity contribution < 1.29 is 4.74 Å². The van der Waals surface area contributed by atoms with Gasteiger partial charge in [0.1, 0.15) is 0 Å². The van der Waals surface area contributed by atoms with Crippen LogP contribution in [0.2, 0.25) is 0 Å². The Hall–Kier alpha value is 0.230. The summed E-state index contributed by atoms with van der Waals surface area (Å²) in [5.74, 6) is 2.49. The third-order valence-corrected chi connectivity index (χ3v) is 5.31. The minimum absolute atomic E-state index is 0.231. The lowest BCUT2D eigenvalue weighted by atomic mass is 9.93. The molecule has 0 aromatic carbocycles. The van der Waals surface area contributed by atoms with Crippen LogP contribution in [0.1, 0.15) is 25.7 Å². The zero-order valence-electron chi connectivity index (χ0n) is 10.3. The Balaban J connectivity index is 1.91. The Morgan fingerprint density at radius 2 is 2.38 bits per heavy atom. The molecule has 0 bridgehead atoms. The lowest BCUT2D eigenvalue weighted by molar-refractivity contribution is 0.0409. The van der Waals surface area contributed by atoms with E-state index in [1.165, 1.54) is 37.2 Å². The van der Waals surface area contributed by atoms with Gasteiger partial charge in [-0.1, -0.05) is 0 Å². The van der Waals surface area contributed by atoms with Gasteiger partial charge in [-0.15, -0.1) is 0 Å². The molecule has 2 saturated heterocycles. The van der Waals surface area contributed by atoms with E-state index in [9.17, 15) is 0 Å². The van der Waals surface area contributed by atoms with E-state index in [2.05, 4.69) is 23.7 Å². The van der Waals surface area contributed by atoms with Crippen LogP contribution in [0.3, 0.4) is 0 Å². The third-order valence-electron chi connectivity index (χ3n) is 3.99. The number of likely N-dealkylation sites (N-methyl/N-ethyl adjacent to an activating group) is 1. The van der Waals surface area contributed by atoms with Crippen molar-refractivity contribution in [2.75, 3.05) is 38.2 Å². The Morgan fingerprint density at radius 1 is 1.50 bits per heavy atom. The summed E-state index contributed by atoms with van der Waals surface area (Å²) in [7, 11) is 2.22. The van der Waals surface area contributed by atoms with Crippen molar-refractivity contribution in [1.29, 1.82) is 0 Å². The molecule has 0 aromatic rings. The summed E-state index contributed by atoms with van der Waals surface area (Å²) >= 11 is 2.05. The molecule has 94 valence electrons. The second-order valence-corrected chi connectivity index (χ2v) is 6.21. The predicted octanol–water partition coefficient (Wildman–Crippen LogP) is 1.32. The van der Waals surface area contributed by atoms with E-state index in [0.717, 1.165) is 19.7 Å². The predicted molar refractivity (Wildman–Crippen MR) is 69.9 cm³/mol. The highest BCUT2D eigenvalue weighted by Crippen LogP contribution is 2.31. The van der Waals surface area contributed by atoms with E-state index in [1.807, 2.05) is 0 Å². The number of ether oxygens (including phenoxy) is 1. The van der Waals surface area contributed by atoms with Gasteiger partial charge in [0.05, 0.1) is 6.10 Å². The molecule has 0 aromatic heterocycles. The van der Waals surface area contributed by atoms with E-state index in [4.69, 9.17) is 10.5 Å². The minimum Gasteiger partial charge on any atom is -0.377 e. The molecule has 0 saturated carbocycles. The molecular formula is C12H24N2OS. The molecule has 2 heterocycles. The van der Waals surface area contributed by atoms with E-state index in [1.54, 1.807) is 0 Å². The molecule has 4 heteroatoms. The zero-order chi connectivity index (χ0) is 11.4. The van der Waals surface area contributed by atoms with E-state index in [-0.39, 0.29) is 5.54 Å². The third kappa shape index (κ3) is 2.73. The summed E-state index contributed by atoms with van der Waals surface area (Å²) in [4.78, 5) is 2.47. The first kappa shape index (κ1) is 12.7. The molecule has 2 rings (SSSR count). The number of hydrogen-bond donors (Lipinski definition) is 1. The number of nitrogens with zero attached hydrogens (tertiary/aromatic N) is 1. The van der Waals surface area contributed by atoms with Gasteiger partial charge in [-0.25, -0.2) is 0 Å². The van der Waals surface area contributed by atoms with Crippen molar-refractivity contribution in [3.05, 3.63) is 0 Å². The first-order valence-corrected chi connectivity index (χ1v) is 7.53. The summed E-state index contributed by atoms with van der Waals surface area (Å²) in [5.41, 5.74) is 6.25. The number of thioether (sulfide) groups is 1. The summed E-state index contributed by atoms with van der Waals surface area (Å²) in [6, 6.07) is 0. The SMILES string of the molecule is CN(CC1CCCO1)C1(CN)CCCSC1. The van der Waals surface area contributed by atoms with E-state index >= 15 is 0 Å². The quantitative estimate of drug-likeness (QED) is 0.809. The zero-order valence-corrected chi connectivity index (χ0v) is 11.1. The fourth-order valence-electron chi connectivity index (χ4n) is 2.74. The summed E-state index contributed by atoms with van der Waals surface area (Å²) in [5, 5.41) is 0. The van der Waals surface area contributed by atoms with Crippen LogP contribution < -0.4 is 5.73 Å². The highest BCUT2D eigenvalue weighted by molar-refractivity contribution is 7.99. The smallest absolute Gasteiger partial charge is 0.0702 e. The van der Waals surface area contributed by atoms with Gasteiger partial charge in [0, 0.05) is 31.0 Å². The Morgan fingerprint density at radius 3 is 2.94 bits per heavy atom. The fourth-order valence-corrected chi connectivity index (χ4v) is 4.10. The topological polar surface area (TPSA) is 38.5 Å². The maximum atomic E-state index is 6.02. The first-order chi connectivity index (χ1) is 7.77. The van der Waals surface area contributed by atoms with Gasteiger partial charge in [-0.05, 0) is 38.5 Å². The second kappa shape index (κ2) is 5.71. The molecule has 2 aliphatic heterocycles. The van der Waals surface area contributed by atoms with Gasteiger partial charge in [0.2, 0.25) is 0 Å². The monoisotopic (exact) mass is 244 g/mol. The van der Waals surface area contributed by atoms with Crippen LogP contribution in [0, 0.1) is 0 Å². The van der Waals surface area contributed by atoms with Crippen LogP contribution in [0.25, 0.3) is 0 Å². The Labute approximate surface area is 103 Å². The molecular weight excluding hydrogens is 220 g/mol. The molecule has 16 heavy (non-hydrogen) atoms. The summed E-state index contributed by atoms with van der Waals surface area (Å²) in [6.07, 6.45) is 5.44. The van der Waals surface area contributed by atoms with Crippen molar-refractivity contribution in [2.45, 2.75) is 37.3 Å². The van der Waals surface area contributed by atoms with Crippen LogP contribution in [-0.2, 0) is 4.74 Å². The molecule has 2 N–H and O–H groups in total. The van der Waals surface area contributed by atoms with Crippen LogP contribution in [0.15, 0.2) is 0 Å². The highest BCUT2D eigenvalue weighted by Gasteiger charge is 2.36. The molecule has 3 nitrogen and oxygen atoms in total. The minimum atomic E-state index is 0.231. The second-order valence-electron chi connectivity index (χ2n) is 5.10. The lowest BCUT2D eigenvalue weighted by Crippen LogP contribution is -2.57. The largest absolute Gasteiger partial charge is 0.377 e. The summed E-state index contributed by atoms with van der Waals surface area (Å²) < 4.78 is 5.71. The van der Waals surface area contributed by atoms with Gasteiger partial charge in [-0.2, -0.15) is 11.8 Å². The number of nitrogens with two attached hydrogens (primary N) is 1. The maximum Gasteiger partial charge on any atom is 0.0702 e. The van der Waals surface area contributed by atoms with Gasteiger partial charge in [0.15, 0.2) is 0 Å². The number of hydrogen-bond acceptors (Lipinski definition) is 4. The molecule has 2 aliphatic rings. The lowest BCUT2D eigenvalue weighted by Gasteiger charge is -2.44. The van der Waals surface area contributed by atoms with Crippen LogP contribution in [-0.4, -0.2) is 54.8 Å². The number of rotatable bonds is 4. The molecule has 0 spiro atoms. The van der Waals surface area contributed by atoms with Crippen LogP contribution in [0.5, 0.6) is 0 Å². The van der Waals surface area contributed by atoms with Gasteiger partial charge >= 0.3 is 0 Å². The average Bonchev–Trinajstić information content (AvgIpc) is 2.82. The van der Waals surface area contributed by atoms with Gasteiger partial charge in [0.25, 0.3) is 0 Å². The molecule has 0 amide bonds. The normalized spacial score (nSPS) is 35.8. The standard InChI is InChI=1S/C12H24N2OS/c1-14(8-11-4-2-6-15-11)12(9-13)5-3-7-16-10-12/h11H,2-10,13H2,1H3. The van der Waals surface area contributed by atoms with E-state index in [0.29, 0.717) is 6.10 Å².